The molecule has 2 aliphatic heterocycles. The van der Waals surface area contributed by atoms with Crippen LogP contribution in [0.2, 0.25) is 0 Å². The van der Waals surface area contributed by atoms with E-state index in [1.54, 1.807) is 18.5 Å². The van der Waals surface area contributed by atoms with E-state index in [0.29, 0.717) is 42.8 Å². The van der Waals surface area contributed by atoms with Gasteiger partial charge in [0.2, 0.25) is 0 Å². The number of carboxylic acid groups (broad SMARTS) is 1. The highest BCUT2D eigenvalue weighted by molar-refractivity contribution is 5.94. The Bertz CT molecular complexity index is 944. The second kappa shape index (κ2) is 7.51. The minimum Gasteiger partial charge on any atom is -0.465 e. The van der Waals surface area contributed by atoms with Gasteiger partial charge in [-0.25, -0.2) is 9.78 Å². The summed E-state index contributed by atoms with van der Waals surface area (Å²) < 4.78 is 2.15. The molecule has 10 nitrogen and oxygen atoms in total. The number of anilines is 1. The van der Waals surface area contributed by atoms with Gasteiger partial charge < -0.3 is 24.8 Å². The van der Waals surface area contributed by atoms with E-state index in [-0.39, 0.29) is 16.7 Å². The standard InChI is InChI=1S/C19H26N6O4/c1-12-9-14(6-7-22(12)2)24-11-20-17-15(24)3-4-16(25(28)29)18(17)23-8-5-13(10-23)21-19(26)27/h3-4,11-14,21H,5-10H2,1-2H3,(H,26,27)/t12-,13-,14-/m0/s1. The number of hydrogen-bond acceptors (Lipinski definition) is 6. The Balaban J connectivity index is 1.71. The minimum atomic E-state index is -1.08. The van der Waals surface area contributed by atoms with Crippen LogP contribution in [0.4, 0.5) is 16.2 Å². The predicted molar refractivity (Wildman–Crippen MR) is 109 cm³/mol. The van der Waals surface area contributed by atoms with Gasteiger partial charge in [-0.2, -0.15) is 0 Å². The topological polar surface area (TPSA) is 117 Å². The number of nitrogens with zero attached hydrogens (tertiary/aromatic N) is 5. The van der Waals surface area contributed by atoms with E-state index < -0.39 is 6.09 Å². The first-order valence-electron chi connectivity index (χ1n) is 9.93. The minimum absolute atomic E-state index is 0.00969. The summed E-state index contributed by atoms with van der Waals surface area (Å²) in [6, 6.07) is 3.85. The lowest BCUT2D eigenvalue weighted by atomic mass is 9.98. The Hall–Kier alpha value is -2.88. The Labute approximate surface area is 168 Å². The highest BCUT2D eigenvalue weighted by atomic mass is 16.6. The molecule has 0 aliphatic carbocycles. The molecule has 2 fully saturated rings. The second-order valence-corrected chi connectivity index (χ2v) is 8.10. The van der Waals surface area contributed by atoms with E-state index in [1.165, 1.54) is 0 Å². The van der Waals surface area contributed by atoms with Gasteiger partial charge in [0.1, 0.15) is 11.2 Å². The first-order chi connectivity index (χ1) is 13.8. The summed E-state index contributed by atoms with van der Waals surface area (Å²) in [4.78, 5) is 31.1. The maximum atomic E-state index is 11.7. The molecule has 2 aromatic rings. The molecule has 3 heterocycles. The molecule has 3 atom stereocenters. The molecule has 2 saturated heterocycles. The van der Waals surface area contributed by atoms with Gasteiger partial charge in [-0.15, -0.1) is 0 Å². The molecular weight excluding hydrogens is 376 g/mol. The lowest BCUT2D eigenvalue weighted by Crippen LogP contribution is -2.38. The molecule has 29 heavy (non-hydrogen) atoms. The molecular formula is C19H26N6O4. The molecule has 1 aromatic heterocycles. The number of nitro benzene ring substituents is 1. The summed E-state index contributed by atoms with van der Waals surface area (Å²) in [5.41, 5.74) is 2.00. The van der Waals surface area contributed by atoms with Gasteiger partial charge in [0, 0.05) is 37.8 Å². The zero-order valence-corrected chi connectivity index (χ0v) is 16.6. The zero-order valence-electron chi connectivity index (χ0n) is 16.6. The van der Waals surface area contributed by atoms with Crippen LogP contribution in [0.5, 0.6) is 0 Å². The van der Waals surface area contributed by atoms with Crippen molar-refractivity contribution < 1.29 is 14.8 Å². The molecule has 0 bridgehead atoms. The summed E-state index contributed by atoms with van der Waals surface area (Å²) in [7, 11) is 2.13. The molecule has 0 saturated carbocycles. The highest BCUT2D eigenvalue weighted by Crippen LogP contribution is 2.39. The van der Waals surface area contributed by atoms with E-state index in [2.05, 4.69) is 33.7 Å². The number of rotatable bonds is 4. The Kier molecular flexibility index (Phi) is 5.03. The van der Waals surface area contributed by atoms with Gasteiger partial charge in [-0.3, -0.25) is 10.1 Å². The SMILES string of the molecule is C[C@H]1C[C@@H](n2cnc3c(N4CC[C@H](NC(=O)O)C4)c([N+](=O)[O-])ccc32)CCN1C. The quantitative estimate of drug-likeness (QED) is 0.596. The second-order valence-electron chi connectivity index (χ2n) is 8.10. The zero-order chi connectivity index (χ0) is 20.7. The van der Waals surface area contributed by atoms with Crippen LogP contribution < -0.4 is 10.2 Å². The fourth-order valence-corrected chi connectivity index (χ4v) is 4.60. The molecule has 0 spiro atoms. The van der Waals surface area contributed by atoms with Crippen LogP contribution in [0.3, 0.4) is 0 Å². The first-order valence-corrected chi connectivity index (χ1v) is 9.93. The number of imidazole rings is 1. The molecule has 2 aliphatic rings. The molecule has 0 unspecified atom stereocenters. The van der Waals surface area contributed by atoms with Gasteiger partial charge in [0.05, 0.1) is 22.8 Å². The number of piperidine rings is 1. The largest absolute Gasteiger partial charge is 0.465 e. The Morgan fingerprint density at radius 3 is 2.83 bits per heavy atom. The normalized spacial score (nSPS) is 25.4. The summed E-state index contributed by atoms with van der Waals surface area (Å²) in [5, 5.41) is 23.2. The first kappa shape index (κ1) is 19.4. The van der Waals surface area contributed by atoms with Crippen molar-refractivity contribution in [2.75, 3.05) is 31.6 Å². The number of likely N-dealkylation sites (tertiary alicyclic amines) is 1. The maximum absolute atomic E-state index is 11.7. The van der Waals surface area contributed by atoms with E-state index in [0.717, 1.165) is 24.9 Å². The number of amides is 1. The van der Waals surface area contributed by atoms with Crippen molar-refractivity contribution in [2.45, 2.75) is 44.3 Å². The lowest BCUT2D eigenvalue weighted by molar-refractivity contribution is -0.384. The third-order valence-electron chi connectivity index (χ3n) is 6.30. The highest BCUT2D eigenvalue weighted by Gasteiger charge is 2.32. The van der Waals surface area contributed by atoms with Crippen LogP contribution in [0.25, 0.3) is 11.0 Å². The van der Waals surface area contributed by atoms with E-state index in [4.69, 9.17) is 5.11 Å². The molecule has 1 amide bonds. The molecule has 0 radical (unpaired) electrons. The van der Waals surface area contributed by atoms with Crippen molar-refractivity contribution in [1.29, 1.82) is 0 Å². The van der Waals surface area contributed by atoms with Crippen LogP contribution in [-0.2, 0) is 0 Å². The van der Waals surface area contributed by atoms with Crippen LogP contribution in [0.1, 0.15) is 32.2 Å². The van der Waals surface area contributed by atoms with Crippen LogP contribution in [0.15, 0.2) is 18.5 Å². The molecule has 156 valence electrons. The number of nitro groups is 1. The third-order valence-corrected chi connectivity index (χ3v) is 6.30. The average Bonchev–Trinajstić information content (AvgIpc) is 3.29. The smallest absolute Gasteiger partial charge is 0.404 e. The van der Waals surface area contributed by atoms with Gasteiger partial charge in [0.25, 0.3) is 5.69 Å². The van der Waals surface area contributed by atoms with Gasteiger partial charge >= 0.3 is 6.09 Å². The van der Waals surface area contributed by atoms with Crippen molar-refractivity contribution in [3.05, 3.63) is 28.6 Å². The summed E-state index contributed by atoms with van der Waals surface area (Å²) >= 11 is 0. The predicted octanol–water partition coefficient (Wildman–Crippen LogP) is 2.45. The molecule has 2 N–H and O–H groups in total. The van der Waals surface area contributed by atoms with Gasteiger partial charge in [0.15, 0.2) is 0 Å². The van der Waals surface area contributed by atoms with Crippen molar-refractivity contribution in [1.82, 2.24) is 19.8 Å². The van der Waals surface area contributed by atoms with Crippen molar-refractivity contribution in [3.8, 4) is 0 Å². The van der Waals surface area contributed by atoms with E-state index >= 15 is 0 Å². The summed E-state index contributed by atoms with van der Waals surface area (Å²) in [6.45, 7) is 4.15. The van der Waals surface area contributed by atoms with Gasteiger partial charge in [-0.05, 0) is 39.3 Å². The Morgan fingerprint density at radius 1 is 1.34 bits per heavy atom. The summed E-state index contributed by atoms with van der Waals surface area (Å²) in [6.07, 6.45) is 3.33. The van der Waals surface area contributed by atoms with Gasteiger partial charge in [-0.1, -0.05) is 0 Å². The van der Waals surface area contributed by atoms with E-state index in [9.17, 15) is 14.9 Å². The number of hydrogen-bond donors (Lipinski definition) is 2. The number of aromatic nitrogens is 2. The monoisotopic (exact) mass is 402 g/mol. The van der Waals surface area contributed by atoms with Crippen molar-refractivity contribution in [2.24, 2.45) is 0 Å². The maximum Gasteiger partial charge on any atom is 0.404 e. The fourth-order valence-electron chi connectivity index (χ4n) is 4.60. The third kappa shape index (κ3) is 3.59. The van der Waals surface area contributed by atoms with Crippen molar-refractivity contribution in [3.63, 3.8) is 0 Å². The number of nitrogens with one attached hydrogen (secondary N) is 1. The van der Waals surface area contributed by atoms with Crippen LogP contribution in [-0.4, -0.2) is 69.3 Å². The summed E-state index contributed by atoms with van der Waals surface area (Å²) in [5.74, 6) is 0. The molecule has 1 aromatic carbocycles. The van der Waals surface area contributed by atoms with Crippen molar-refractivity contribution >= 4 is 28.5 Å². The Morgan fingerprint density at radius 2 is 2.14 bits per heavy atom. The number of fused-ring (bicyclic) bond motifs is 1. The van der Waals surface area contributed by atoms with E-state index in [1.807, 2.05) is 4.90 Å². The lowest BCUT2D eigenvalue weighted by Gasteiger charge is -2.35. The number of carbonyl (C=O) groups is 1. The number of benzene rings is 1. The van der Waals surface area contributed by atoms with Crippen LogP contribution >= 0.6 is 0 Å². The average molecular weight is 402 g/mol. The fraction of sp³-hybridized carbons (Fsp3) is 0.579. The molecule has 10 heteroatoms. The molecule has 4 rings (SSSR count). The van der Waals surface area contributed by atoms with Crippen LogP contribution in [0, 0.1) is 10.1 Å².